The summed E-state index contributed by atoms with van der Waals surface area (Å²) < 4.78 is 19.8. The van der Waals surface area contributed by atoms with E-state index in [4.69, 9.17) is 15.7 Å². The summed E-state index contributed by atoms with van der Waals surface area (Å²) in [5.41, 5.74) is 6.10. The number of halogens is 2. The van der Waals surface area contributed by atoms with Crippen molar-refractivity contribution in [2.45, 2.75) is 0 Å². The Kier molecular flexibility index (Phi) is 3.67. The van der Waals surface area contributed by atoms with Crippen LogP contribution in [0.5, 0.6) is 11.5 Å². The Labute approximate surface area is 117 Å². The van der Waals surface area contributed by atoms with Crippen LogP contribution in [0.2, 0.25) is 0 Å². The fraction of sp³-hybridized carbons (Fsp3) is 0. The van der Waals surface area contributed by atoms with E-state index < -0.39 is 5.82 Å². The first-order valence-corrected chi connectivity index (χ1v) is 6.11. The van der Waals surface area contributed by atoms with Gasteiger partial charge in [-0.25, -0.2) is 4.39 Å². The van der Waals surface area contributed by atoms with E-state index in [0.717, 1.165) is 3.57 Å². The van der Waals surface area contributed by atoms with Crippen LogP contribution in [-0.4, -0.2) is 0 Å². The molecule has 0 saturated carbocycles. The van der Waals surface area contributed by atoms with Crippen LogP contribution in [0.3, 0.4) is 0 Å². The van der Waals surface area contributed by atoms with Crippen LogP contribution in [0.4, 0.5) is 10.1 Å². The molecule has 0 saturated heterocycles. The predicted molar refractivity (Wildman–Crippen MR) is 74.8 cm³/mol. The second kappa shape index (κ2) is 5.23. The molecule has 0 aliphatic carbocycles. The van der Waals surface area contributed by atoms with E-state index in [1.54, 1.807) is 18.2 Å². The maximum absolute atomic E-state index is 13.4. The van der Waals surface area contributed by atoms with Gasteiger partial charge in [0.15, 0.2) is 0 Å². The standard InChI is InChI=1S/C13H8FIN2O/c14-10-2-1-3-12(9(10)7-16)18-13-5-4-8(15)6-11(13)17/h1-6H,17H2. The maximum atomic E-state index is 13.4. The van der Waals surface area contributed by atoms with Gasteiger partial charge in [-0.2, -0.15) is 5.26 Å². The first kappa shape index (κ1) is 12.6. The summed E-state index contributed by atoms with van der Waals surface area (Å²) in [6.45, 7) is 0. The largest absolute Gasteiger partial charge is 0.454 e. The number of rotatable bonds is 2. The topological polar surface area (TPSA) is 59.0 Å². The number of nitrogens with zero attached hydrogens (tertiary/aromatic N) is 1. The third-order valence-corrected chi connectivity index (χ3v) is 2.95. The zero-order valence-electron chi connectivity index (χ0n) is 9.15. The molecule has 2 aromatic rings. The number of hydrogen-bond donors (Lipinski definition) is 1. The molecule has 18 heavy (non-hydrogen) atoms. The molecule has 0 atom stereocenters. The minimum absolute atomic E-state index is 0.129. The summed E-state index contributed by atoms with van der Waals surface area (Å²) >= 11 is 2.12. The molecule has 3 nitrogen and oxygen atoms in total. The molecule has 0 aliphatic heterocycles. The van der Waals surface area contributed by atoms with Crippen molar-refractivity contribution in [3.8, 4) is 17.6 Å². The van der Waals surface area contributed by atoms with Gasteiger partial charge >= 0.3 is 0 Å². The lowest BCUT2D eigenvalue weighted by atomic mass is 10.2. The van der Waals surface area contributed by atoms with Crippen LogP contribution in [-0.2, 0) is 0 Å². The number of anilines is 1. The summed E-state index contributed by atoms with van der Waals surface area (Å²) in [5.74, 6) is -0.0537. The number of nitrogens with two attached hydrogens (primary N) is 1. The minimum atomic E-state index is -0.612. The molecule has 0 aliphatic rings. The molecular formula is C13H8FIN2O. The second-order valence-electron chi connectivity index (χ2n) is 3.51. The number of benzene rings is 2. The molecule has 0 fully saturated rings. The van der Waals surface area contributed by atoms with Gasteiger partial charge in [0.05, 0.1) is 5.69 Å². The third-order valence-electron chi connectivity index (χ3n) is 2.28. The van der Waals surface area contributed by atoms with Crippen molar-refractivity contribution >= 4 is 28.3 Å². The Morgan fingerprint density at radius 1 is 1.22 bits per heavy atom. The van der Waals surface area contributed by atoms with Crippen LogP contribution in [0.1, 0.15) is 5.56 Å². The van der Waals surface area contributed by atoms with Gasteiger partial charge in [0.2, 0.25) is 0 Å². The van der Waals surface area contributed by atoms with Gasteiger partial charge in [-0.15, -0.1) is 0 Å². The summed E-state index contributed by atoms with van der Waals surface area (Å²) in [4.78, 5) is 0. The fourth-order valence-corrected chi connectivity index (χ4v) is 1.94. The van der Waals surface area contributed by atoms with E-state index in [9.17, 15) is 4.39 Å². The van der Waals surface area contributed by atoms with E-state index in [1.807, 2.05) is 6.07 Å². The molecule has 0 heterocycles. The Hall–Kier alpha value is -1.81. The lowest BCUT2D eigenvalue weighted by Gasteiger charge is -2.10. The SMILES string of the molecule is N#Cc1c(F)cccc1Oc1ccc(I)cc1N. The Morgan fingerprint density at radius 2 is 2.00 bits per heavy atom. The molecule has 0 bridgehead atoms. The Balaban J connectivity index is 2.41. The molecule has 2 rings (SSSR count). The Bertz CT molecular complexity index is 637. The van der Waals surface area contributed by atoms with Crippen molar-refractivity contribution in [3.05, 3.63) is 51.3 Å². The van der Waals surface area contributed by atoms with Crippen molar-refractivity contribution in [2.24, 2.45) is 0 Å². The van der Waals surface area contributed by atoms with E-state index in [1.165, 1.54) is 18.2 Å². The van der Waals surface area contributed by atoms with E-state index >= 15 is 0 Å². The summed E-state index contributed by atoms with van der Waals surface area (Å²) in [7, 11) is 0. The van der Waals surface area contributed by atoms with Crippen LogP contribution in [0, 0.1) is 20.7 Å². The van der Waals surface area contributed by atoms with Crippen LogP contribution < -0.4 is 10.5 Å². The molecule has 90 valence electrons. The monoisotopic (exact) mass is 354 g/mol. The van der Waals surface area contributed by atoms with Crippen molar-refractivity contribution in [1.82, 2.24) is 0 Å². The van der Waals surface area contributed by atoms with Gasteiger partial charge in [-0.3, -0.25) is 0 Å². The summed E-state index contributed by atoms with van der Waals surface area (Å²) in [6.07, 6.45) is 0. The highest BCUT2D eigenvalue weighted by molar-refractivity contribution is 14.1. The van der Waals surface area contributed by atoms with E-state index in [0.29, 0.717) is 11.4 Å². The minimum Gasteiger partial charge on any atom is -0.454 e. The van der Waals surface area contributed by atoms with Gasteiger partial charge in [-0.05, 0) is 52.9 Å². The quantitative estimate of drug-likeness (QED) is 0.661. The highest BCUT2D eigenvalue weighted by atomic mass is 127. The molecular weight excluding hydrogens is 346 g/mol. The second-order valence-corrected chi connectivity index (χ2v) is 4.75. The number of hydrogen-bond acceptors (Lipinski definition) is 3. The Morgan fingerprint density at radius 3 is 2.67 bits per heavy atom. The van der Waals surface area contributed by atoms with Crippen LogP contribution in [0.25, 0.3) is 0 Å². The average molecular weight is 354 g/mol. The molecule has 0 amide bonds. The van der Waals surface area contributed by atoms with Gasteiger partial charge in [0.25, 0.3) is 0 Å². The predicted octanol–water partition coefficient (Wildman–Crippen LogP) is 3.68. The lowest BCUT2D eigenvalue weighted by molar-refractivity contribution is 0.476. The lowest BCUT2D eigenvalue weighted by Crippen LogP contribution is -1.95. The zero-order valence-corrected chi connectivity index (χ0v) is 11.3. The molecule has 5 heteroatoms. The molecule has 0 spiro atoms. The highest BCUT2D eigenvalue weighted by Gasteiger charge is 2.11. The van der Waals surface area contributed by atoms with E-state index in [2.05, 4.69) is 22.6 Å². The normalized spacial score (nSPS) is 9.83. The average Bonchev–Trinajstić information content (AvgIpc) is 2.33. The van der Waals surface area contributed by atoms with Crippen LogP contribution >= 0.6 is 22.6 Å². The van der Waals surface area contributed by atoms with E-state index in [-0.39, 0.29) is 11.3 Å². The van der Waals surface area contributed by atoms with Gasteiger partial charge in [0.1, 0.15) is 28.9 Å². The molecule has 0 aromatic heterocycles. The van der Waals surface area contributed by atoms with Crippen molar-refractivity contribution in [1.29, 1.82) is 5.26 Å². The molecule has 0 radical (unpaired) electrons. The van der Waals surface area contributed by atoms with Crippen LogP contribution in [0.15, 0.2) is 36.4 Å². The first-order chi connectivity index (χ1) is 8.61. The van der Waals surface area contributed by atoms with Gasteiger partial charge < -0.3 is 10.5 Å². The molecule has 0 unspecified atom stereocenters. The fourth-order valence-electron chi connectivity index (χ4n) is 1.43. The number of nitriles is 1. The first-order valence-electron chi connectivity index (χ1n) is 5.03. The van der Waals surface area contributed by atoms with Crippen molar-refractivity contribution in [2.75, 3.05) is 5.73 Å². The number of nitrogen functional groups attached to an aromatic ring is 1. The third kappa shape index (κ3) is 2.54. The summed E-state index contributed by atoms with van der Waals surface area (Å²) in [6, 6.07) is 11.2. The van der Waals surface area contributed by atoms with Gasteiger partial charge in [0, 0.05) is 3.57 Å². The smallest absolute Gasteiger partial charge is 0.150 e. The zero-order chi connectivity index (χ0) is 13.1. The van der Waals surface area contributed by atoms with Gasteiger partial charge in [-0.1, -0.05) is 6.07 Å². The number of ether oxygens (including phenoxy) is 1. The highest BCUT2D eigenvalue weighted by Crippen LogP contribution is 2.31. The van der Waals surface area contributed by atoms with Crippen molar-refractivity contribution in [3.63, 3.8) is 0 Å². The summed E-state index contributed by atoms with van der Waals surface area (Å²) in [5, 5.41) is 8.89. The molecule has 2 aromatic carbocycles. The van der Waals surface area contributed by atoms with Crippen molar-refractivity contribution < 1.29 is 9.13 Å². The maximum Gasteiger partial charge on any atom is 0.150 e. The molecule has 2 N–H and O–H groups in total.